The van der Waals surface area contributed by atoms with Gasteiger partial charge >= 0.3 is 5.97 Å². The molecular weight excluding hydrogens is 270 g/mol. The van der Waals surface area contributed by atoms with Crippen LogP contribution in [0.25, 0.3) is 0 Å². The molecule has 20 heavy (non-hydrogen) atoms. The Bertz CT molecular complexity index is 497. The lowest BCUT2D eigenvalue weighted by molar-refractivity contribution is -0.138. The fraction of sp³-hybridized carbons (Fsp3) is 0.688. The van der Waals surface area contributed by atoms with Gasteiger partial charge < -0.3 is 5.11 Å². The monoisotopic (exact) mass is 293 g/mol. The van der Waals surface area contributed by atoms with Crippen LogP contribution in [0.15, 0.2) is 6.07 Å². The van der Waals surface area contributed by atoms with Crippen LogP contribution in [0.5, 0.6) is 0 Å². The van der Waals surface area contributed by atoms with Gasteiger partial charge in [0.15, 0.2) is 0 Å². The molecule has 2 atom stereocenters. The molecule has 0 amide bonds. The van der Waals surface area contributed by atoms with Crippen LogP contribution in [0.3, 0.4) is 0 Å². The van der Waals surface area contributed by atoms with Crippen LogP contribution in [0.1, 0.15) is 47.4 Å². The molecule has 0 spiro atoms. The van der Waals surface area contributed by atoms with Crippen molar-refractivity contribution in [2.45, 2.75) is 64.6 Å². The van der Waals surface area contributed by atoms with E-state index in [1.54, 1.807) is 0 Å². The SMILES string of the molecule is Cc1cc(CN2C3CCC2CC(CC(=O)O)C3)c(C)s1. The molecule has 0 aliphatic carbocycles. The zero-order chi connectivity index (χ0) is 14.3. The van der Waals surface area contributed by atoms with Gasteiger partial charge in [0.1, 0.15) is 0 Å². The number of carbonyl (C=O) groups is 1. The summed E-state index contributed by atoms with van der Waals surface area (Å²) in [5.41, 5.74) is 1.47. The van der Waals surface area contributed by atoms with E-state index >= 15 is 0 Å². The van der Waals surface area contributed by atoms with Crippen molar-refractivity contribution in [2.24, 2.45) is 5.92 Å². The molecule has 2 aliphatic heterocycles. The van der Waals surface area contributed by atoms with E-state index in [1.165, 1.54) is 28.2 Å². The molecule has 2 bridgehead atoms. The van der Waals surface area contributed by atoms with Gasteiger partial charge in [-0.25, -0.2) is 0 Å². The van der Waals surface area contributed by atoms with Crippen molar-refractivity contribution in [3.05, 3.63) is 21.4 Å². The van der Waals surface area contributed by atoms with Crippen LogP contribution in [-0.2, 0) is 11.3 Å². The Kier molecular flexibility index (Phi) is 3.87. The molecule has 2 fully saturated rings. The van der Waals surface area contributed by atoms with Crippen molar-refractivity contribution in [2.75, 3.05) is 0 Å². The second-order valence-electron chi connectivity index (χ2n) is 6.43. The molecule has 2 saturated heterocycles. The van der Waals surface area contributed by atoms with Crippen molar-refractivity contribution in [3.63, 3.8) is 0 Å². The van der Waals surface area contributed by atoms with Crippen molar-refractivity contribution in [1.29, 1.82) is 0 Å². The summed E-state index contributed by atoms with van der Waals surface area (Å²) in [6, 6.07) is 3.54. The van der Waals surface area contributed by atoms with E-state index in [1.807, 2.05) is 11.3 Å². The van der Waals surface area contributed by atoms with Crippen LogP contribution in [0.4, 0.5) is 0 Å². The number of carboxylic acids is 1. The Morgan fingerprint density at radius 2 is 2.00 bits per heavy atom. The maximum atomic E-state index is 10.9. The van der Waals surface area contributed by atoms with E-state index in [-0.39, 0.29) is 0 Å². The maximum Gasteiger partial charge on any atom is 0.303 e. The van der Waals surface area contributed by atoms with Gasteiger partial charge in [0.05, 0.1) is 0 Å². The van der Waals surface area contributed by atoms with Gasteiger partial charge in [-0.1, -0.05) is 0 Å². The van der Waals surface area contributed by atoms with Crippen LogP contribution in [0, 0.1) is 19.8 Å². The average molecular weight is 293 g/mol. The number of aryl methyl sites for hydroxylation is 2. The number of aliphatic carboxylic acids is 1. The topological polar surface area (TPSA) is 40.5 Å². The predicted octanol–water partition coefficient (Wildman–Crippen LogP) is 3.58. The normalized spacial score (nSPS) is 29.8. The lowest BCUT2D eigenvalue weighted by atomic mass is 9.88. The second-order valence-corrected chi connectivity index (χ2v) is 7.89. The second kappa shape index (κ2) is 5.49. The number of thiophene rings is 1. The fourth-order valence-electron chi connectivity index (χ4n) is 4.10. The predicted molar refractivity (Wildman–Crippen MR) is 81.1 cm³/mol. The highest BCUT2D eigenvalue weighted by Gasteiger charge is 2.41. The Hall–Kier alpha value is -0.870. The summed E-state index contributed by atoms with van der Waals surface area (Å²) in [7, 11) is 0. The first-order chi connectivity index (χ1) is 9.52. The third-order valence-corrected chi connectivity index (χ3v) is 5.95. The highest BCUT2D eigenvalue weighted by Crippen LogP contribution is 2.41. The number of hydrogen-bond acceptors (Lipinski definition) is 3. The molecule has 0 saturated carbocycles. The summed E-state index contributed by atoms with van der Waals surface area (Å²) in [6.45, 7) is 5.45. The Morgan fingerprint density at radius 3 is 2.50 bits per heavy atom. The minimum Gasteiger partial charge on any atom is -0.481 e. The smallest absolute Gasteiger partial charge is 0.303 e. The van der Waals surface area contributed by atoms with Gasteiger partial charge in [-0.05, 0) is 57.1 Å². The van der Waals surface area contributed by atoms with Crippen LogP contribution >= 0.6 is 11.3 Å². The van der Waals surface area contributed by atoms with Crippen LogP contribution < -0.4 is 0 Å². The zero-order valence-corrected chi connectivity index (χ0v) is 13.1. The van der Waals surface area contributed by atoms with Gasteiger partial charge in [-0.2, -0.15) is 0 Å². The number of rotatable bonds is 4. The average Bonchev–Trinajstić information content (AvgIpc) is 2.78. The summed E-state index contributed by atoms with van der Waals surface area (Å²) in [5, 5.41) is 8.99. The van der Waals surface area contributed by atoms with Crippen molar-refractivity contribution < 1.29 is 9.90 Å². The van der Waals surface area contributed by atoms with E-state index in [0.29, 0.717) is 24.4 Å². The molecular formula is C16H23NO2S. The molecule has 1 aromatic heterocycles. The molecule has 110 valence electrons. The Morgan fingerprint density at radius 1 is 1.35 bits per heavy atom. The molecule has 2 aliphatic rings. The van der Waals surface area contributed by atoms with E-state index in [4.69, 9.17) is 5.11 Å². The molecule has 3 rings (SSSR count). The highest BCUT2D eigenvalue weighted by atomic mass is 32.1. The standard InChI is InChI=1S/C16H23NO2S/c1-10-5-13(11(2)20-10)9-17-14-3-4-15(17)7-12(6-14)8-16(18)19/h5,12,14-15H,3-4,6-9H2,1-2H3,(H,18,19). The molecule has 4 heteroatoms. The first-order valence-electron chi connectivity index (χ1n) is 7.56. The van der Waals surface area contributed by atoms with Gasteiger partial charge in [0, 0.05) is 34.8 Å². The molecule has 1 N–H and O–H groups in total. The summed E-state index contributed by atoms with van der Waals surface area (Å²) in [4.78, 5) is 16.4. The molecule has 2 unspecified atom stereocenters. The highest BCUT2D eigenvalue weighted by molar-refractivity contribution is 7.12. The Labute approximate surface area is 124 Å². The number of hydrogen-bond donors (Lipinski definition) is 1. The van der Waals surface area contributed by atoms with Crippen molar-refractivity contribution in [1.82, 2.24) is 4.90 Å². The Balaban J connectivity index is 1.68. The summed E-state index contributed by atoms with van der Waals surface area (Å²) in [6.07, 6.45) is 5.01. The minimum absolute atomic E-state index is 0.359. The third-order valence-electron chi connectivity index (χ3n) is 4.94. The number of nitrogens with zero attached hydrogens (tertiary/aromatic N) is 1. The van der Waals surface area contributed by atoms with Crippen LogP contribution in [0.2, 0.25) is 0 Å². The lowest BCUT2D eigenvalue weighted by Crippen LogP contribution is -2.42. The largest absolute Gasteiger partial charge is 0.481 e. The number of carboxylic acid groups (broad SMARTS) is 1. The van der Waals surface area contributed by atoms with E-state index in [2.05, 4.69) is 24.8 Å². The van der Waals surface area contributed by atoms with Crippen molar-refractivity contribution in [3.8, 4) is 0 Å². The van der Waals surface area contributed by atoms with Gasteiger partial charge in [-0.15, -0.1) is 11.3 Å². The van der Waals surface area contributed by atoms with Gasteiger partial charge in [0.2, 0.25) is 0 Å². The number of fused-ring (bicyclic) bond motifs is 2. The van der Waals surface area contributed by atoms with Gasteiger partial charge in [-0.3, -0.25) is 9.69 Å². The third kappa shape index (κ3) is 2.77. The number of piperidine rings is 1. The molecule has 0 radical (unpaired) electrons. The van der Waals surface area contributed by atoms with E-state index in [9.17, 15) is 4.79 Å². The summed E-state index contributed by atoms with van der Waals surface area (Å²) < 4.78 is 0. The molecule has 1 aromatic rings. The lowest BCUT2D eigenvalue weighted by Gasteiger charge is -2.38. The maximum absolute atomic E-state index is 10.9. The van der Waals surface area contributed by atoms with E-state index in [0.717, 1.165) is 19.4 Å². The summed E-state index contributed by atoms with van der Waals surface area (Å²) >= 11 is 1.89. The first-order valence-corrected chi connectivity index (χ1v) is 8.38. The minimum atomic E-state index is -0.632. The van der Waals surface area contributed by atoms with E-state index < -0.39 is 5.97 Å². The molecule has 0 aromatic carbocycles. The zero-order valence-electron chi connectivity index (χ0n) is 12.3. The summed E-state index contributed by atoms with van der Waals surface area (Å²) in [5.74, 6) is -0.237. The van der Waals surface area contributed by atoms with Crippen LogP contribution in [-0.4, -0.2) is 28.1 Å². The fourth-order valence-corrected chi connectivity index (χ4v) is 5.03. The first kappa shape index (κ1) is 14.1. The molecule has 3 nitrogen and oxygen atoms in total. The molecule has 3 heterocycles. The van der Waals surface area contributed by atoms with Gasteiger partial charge in [0.25, 0.3) is 0 Å². The quantitative estimate of drug-likeness (QED) is 0.922. The van der Waals surface area contributed by atoms with Crippen molar-refractivity contribution >= 4 is 17.3 Å².